The van der Waals surface area contributed by atoms with E-state index in [9.17, 15) is 0 Å². The van der Waals surface area contributed by atoms with Crippen molar-refractivity contribution in [1.82, 2.24) is 9.78 Å². The lowest BCUT2D eigenvalue weighted by Gasteiger charge is -2.02. The summed E-state index contributed by atoms with van der Waals surface area (Å²) in [6.45, 7) is 0. The number of anilines is 1. The monoisotopic (exact) mass is 283 g/mol. The highest BCUT2D eigenvalue weighted by atomic mass is 32.1. The molecule has 2 N–H and O–H groups in total. The molecule has 1 aromatic carbocycles. The Morgan fingerprint density at radius 3 is 2.60 bits per heavy atom. The average Bonchev–Trinajstić information content (AvgIpc) is 3.07. The third-order valence-electron chi connectivity index (χ3n) is 3.42. The van der Waals surface area contributed by atoms with E-state index in [0.717, 1.165) is 29.9 Å². The summed E-state index contributed by atoms with van der Waals surface area (Å²) >= 11 is 1.71. The van der Waals surface area contributed by atoms with Crippen molar-refractivity contribution in [3.05, 3.63) is 59.1 Å². The number of aryl methyl sites for hydroxylation is 3. The number of rotatable bonds is 4. The van der Waals surface area contributed by atoms with Crippen LogP contribution in [0.25, 0.3) is 10.4 Å². The second-order valence-corrected chi connectivity index (χ2v) is 5.74. The van der Waals surface area contributed by atoms with Crippen molar-refractivity contribution in [2.24, 2.45) is 7.05 Å². The molecule has 2 heterocycles. The lowest BCUT2D eigenvalue weighted by Crippen LogP contribution is -1.98. The molecule has 0 bridgehead atoms. The molecule has 0 unspecified atom stereocenters. The van der Waals surface area contributed by atoms with E-state index in [-0.39, 0.29) is 0 Å². The van der Waals surface area contributed by atoms with Crippen molar-refractivity contribution >= 4 is 17.2 Å². The van der Waals surface area contributed by atoms with Crippen molar-refractivity contribution < 1.29 is 0 Å². The molecule has 3 aromatic rings. The second kappa shape index (κ2) is 5.51. The van der Waals surface area contributed by atoms with E-state index in [0.29, 0.717) is 0 Å². The molecule has 0 amide bonds. The van der Waals surface area contributed by atoms with Crippen molar-refractivity contribution in [3.63, 3.8) is 0 Å². The number of thiophene rings is 1. The first-order valence-corrected chi connectivity index (χ1v) is 7.53. The van der Waals surface area contributed by atoms with Crippen LogP contribution in [-0.2, 0) is 19.9 Å². The summed E-state index contributed by atoms with van der Waals surface area (Å²) in [5.41, 5.74) is 9.67. The summed E-state index contributed by atoms with van der Waals surface area (Å²) in [6, 6.07) is 14.6. The predicted octanol–water partition coefficient (Wildman–Crippen LogP) is 3.52. The molecule has 3 rings (SSSR count). The van der Waals surface area contributed by atoms with E-state index in [1.54, 1.807) is 16.0 Å². The van der Waals surface area contributed by atoms with Gasteiger partial charge >= 0.3 is 0 Å². The molecular weight excluding hydrogens is 266 g/mol. The van der Waals surface area contributed by atoms with Crippen LogP contribution in [0.5, 0.6) is 0 Å². The molecule has 0 saturated carbocycles. The van der Waals surface area contributed by atoms with Crippen LogP contribution < -0.4 is 5.73 Å². The Morgan fingerprint density at radius 1 is 1.10 bits per heavy atom. The van der Waals surface area contributed by atoms with Crippen LogP contribution >= 0.6 is 11.3 Å². The van der Waals surface area contributed by atoms with Gasteiger partial charge in [0.1, 0.15) is 5.82 Å². The lowest BCUT2D eigenvalue weighted by molar-refractivity contribution is 0.745. The number of nitrogens with two attached hydrogens (primary N) is 1. The SMILES string of the molecule is Cn1nc(CCc2ccccc2)c(-c2cccs2)c1N. The van der Waals surface area contributed by atoms with Gasteiger partial charge in [-0.05, 0) is 29.9 Å². The zero-order chi connectivity index (χ0) is 13.9. The quantitative estimate of drug-likeness (QED) is 0.796. The molecule has 2 aromatic heterocycles. The summed E-state index contributed by atoms with van der Waals surface area (Å²) in [5, 5.41) is 6.65. The molecule has 3 nitrogen and oxygen atoms in total. The molecule has 0 saturated heterocycles. The van der Waals surface area contributed by atoms with Gasteiger partial charge in [0, 0.05) is 11.9 Å². The minimum absolute atomic E-state index is 0.746. The zero-order valence-electron chi connectivity index (χ0n) is 11.4. The fraction of sp³-hybridized carbons (Fsp3) is 0.188. The minimum Gasteiger partial charge on any atom is -0.383 e. The van der Waals surface area contributed by atoms with E-state index in [1.807, 2.05) is 19.2 Å². The van der Waals surface area contributed by atoms with Gasteiger partial charge in [0.15, 0.2) is 0 Å². The maximum atomic E-state index is 6.17. The zero-order valence-corrected chi connectivity index (χ0v) is 12.2. The van der Waals surface area contributed by atoms with Crippen molar-refractivity contribution in [2.45, 2.75) is 12.8 Å². The van der Waals surface area contributed by atoms with Gasteiger partial charge in [0.25, 0.3) is 0 Å². The smallest absolute Gasteiger partial charge is 0.130 e. The summed E-state index contributed by atoms with van der Waals surface area (Å²) in [5.74, 6) is 0.746. The topological polar surface area (TPSA) is 43.8 Å². The van der Waals surface area contributed by atoms with Gasteiger partial charge in [-0.1, -0.05) is 36.4 Å². The average molecular weight is 283 g/mol. The number of benzene rings is 1. The fourth-order valence-electron chi connectivity index (χ4n) is 2.37. The first kappa shape index (κ1) is 12.9. The van der Waals surface area contributed by atoms with E-state index in [4.69, 9.17) is 5.73 Å². The Balaban J connectivity index is 1.88. The number of hydrogen-bond donors (Lipinski definition) is 1. The van der Waals surface area contributed by atoms with Crippen LogP contribution in [0.4, 0.5) is 5.82 Å². The highest BCUT2D eigenvalue weighted by Crippen LogP contribution is 2.33. The van der Waals surface area contributed by atoms with Crippen molar-refractivity contribution in [2.75, 3.05) is 5.73 Å². The van der Waals surface area contributed by atoms with Crippen molar-refractivity contribution in [3.8, 4) is 10.4 Å². The van der Waals surface area contributed by atoms with E-state index < -0.39 is 0 Å². The number of aromatic nitrogens is 2. The third kappa shape index (κ3) is 2.47. The molecule has 0 fully saturated rings. The van der Waals surface area contributed by atoms with E-state index in [1.165, 1.54) is 10.4 Å². The van der Waals surface area contributed by atoms with Gasteiger partial charge in [-0.25, -0.2) is 0 Å². The molecule has 0 aliphatic rings. The Hall–Kier alpha value is -2.07. The predicted molar refractivity (Wildman–Crippen MR) is 84.8 cm³/mol. The van der Waals surface area contributed by atoms with Crippen LogP contribution in [0.2, 0.25) is 0 Å². The summed E-state index contributed by atoms with van der Waals surface area (Å²) in [4.78, 5) is 1.19. The van der Waals surface area contributed by atoms with Gasteiger partial charge in [-0.15, -0.1) is 11.3 Å². The standard InChI is InChI=1S/C16H17N3S/c1-19-16(17)15(14-8-5-11-20-14)13(18-19)10-9-12-6-3-2-4-7-12/h2-8,11H,9-10,17H2,1H3. The molecule has 102 valence electrons. The number of nitrogen functional groups attached to an aromatic ring is 1. The van der Waals surface area contributed by atoms with Crippen LogP contribution in [0.15, 0.2) is 47.8 Å². The maximum absolute atomic E-state index is 6.17. The molecule has 0 aliphatic carbocycles. The molecule has 0 atom stereocenters. The highest BCUT2D eigenvalue weighted by Gasteiger charge is 2.16. The highest BCUT2D eigenvalue weighted by molar-refractivity contribution is 7.13. The number of nitrogens with zero attached hydrogens (tertiary/aromatic N) is 2. The minimum atomic E-state index is 0.746. The number of hydrogen-bond acceptors (Lipinski definition) is 3. The first-order chi connectivity index (χ1) is 9.75. The van der Waals surface area contributed by atoms with Gasteiger partial charge in [-0.3, -0.25) is 4.68 Å². The second-order valence-electron chi connectivity index (χ2n) is 4.79. The first-order valence-electron chi connectivity index (χ1n) is 6.65. The van der Waals surface area contributed by atoms with Gasteiger partial charge in [0.2, 0.25) is 0 Å². The Labute approximate surface area is 122 Å². The molecule has 20 heavy (non-hydrogen) atoms. The van der Waals surface area contributed by atoms with Crippen LogP contribution in [0.1, 0.15) is 11.3 Å². The van der Waals surface area contributed by atoms with Gasteiger partial charge in [0.05, 0.1) is 11.3 Å². The Morgan fingerprint density at radius 2 is 1.90 bits per heavy atom. The largest absolute Gasteiger partial charge is 0.383 e. The van der Waals surface area contributed by atoms with Gasteiger partial charge in [-0.2, -0.15) is 5.10 Å². The van der Waals surface area contributed by atoms with Crippen LogP contribution in [-0.4, -0.2) is 9.78 Å². The van der Waals surface area contributed by atoms with Gasteiger partial charge < -0.3 is 5.73 Å². The summed E-state index contributed by atoms with van der Waals surface area (Å²) in [6.07, 6.45) is 1.89. The maximum Gasteiger partial charge on any atom is 0.130 e. The molecule has 0 aliphatic heterocycles. The molecule has 4 heteroatoms. The van der Waals surface area contributed by atoms with Crippen molar-refractivity contribution in [1.29, 1.82) is 0 Å². The van der Waals surface area contributed by atoms with Crippen LogP contribution in [0.3, 0.4) is 0 Å². The molecular formula is C16H17N3S. The van der Waals surface area contributed by atoms with E-state index in [2.05, 4.69) is 40.8 Å². The third-order valence-corrected chi connectivity index (χ3v) is 4.31. The van der Waals surface area contributed by atoms with Crippen LogP contribution in [0, 0.1) is 0 Å². The summed E-state index contributed by atoms with van der Waals surface area (Å²) < 4.78 is 1.77. The fourth-order valence-corrected chi connectivity index (χ4v) is 3.17. The lowest BCUT2D eigenvalue weighted by atomic mass is 10.1. The Bertz CT molecular complexity index is 684. The summed E-state index contributed by atoms with van der Waals surface area (Å²) in [7, 11) is 1.90. The van der Waals surface area contributed by atoms with E-state index >= 15 is 0 Å². The Kier molecular flexibility index (Phi) is 3.56. The molecule has 0 spiro atoms. The molecule has 0 radical (unpaired) electrons. The normalized spacial score (nSPS) is 10.8.